The number of benzene rings is 1. The summed E-state index contributed by atoms with van der Waals surface area (Å²) in [6, 6.07) is 10.5. The lowest BCUT2D eigenvalue weighted by Crippen LogP contribution is -1.80. The van der Waals surface area contributed by atoms with E-state index in [0.29, 0.717) is 0 Å². The van der Waals surface area contributed by atoms with E-state index in [0.717, 1.165) is 23.1 Å². The van der Waals surface area contributed by atoms with Crippen molar-refractivity contribution in [1.29, 1.82) is 0 Å². The highest BCUT2D eigenvalue weighted by Crippen LogP contribution is 2.15. The van der Waals surface area contributed by atoms with Crippen LogP contribution in [0.5, 0.6) is 0 Å². The molecular weight excluding hydrogens is 264 g/mol. The minimum atomic E-state index is 0.833. The molecule has 0 amide bonds. The van der Waals surface area contributed by atoms with Crippen molar-refractivity contribution in [3.8, 4) is 0 Å². The Morgan fingerprint density at radius 2 is 1.88 bits per heavy atom. The Morgan fingerprint density at radius 1 is 1.12 bits per heavy atom. The summed E-state index contributed by atoms with van der Waals surface area (Å²) in [4.78, 5) is 8.26. The molecule has 3 heteroatoms. The Hall–Kier alpha value is -0.920. The molecule has 0 radical (unpaired) electrons. The van der Waals surface area contributed by atoms with Gasteiger partial charge in [0.15, 0.2) is 0 Å². The largest absolute Gasteiger partial charge is 0.225 e. The fourth-order valence-corrected chi connectivity index (χ4v) is 1.54. The third-order valence-corrected chi connectivity index (χ3v) is 2.73. The molecule has 0 N–H and O–H groups in total. The van der Waals surface area contributed by atoms with E-state index in [9.17, 15) is 0 Å². The predicted molar refractivity (Wildman–Crippen MR) is 72.7 cm³/mol. The van der Waals surface area contributed by atoms with Crippen LogP contribution in [0.15, 0.2) is 38.7 Å². The summed E-state index contributed by atoms with van der Waals surface area (Å²) in [5.41, 5.74) is 0.889. The van der Waals surface area contributed by atoms with Gasteiger partial charge in [-0.25, -0.2) is 4.99 Å². The number of halogens is 1. The van der Waals surface area contributed by atoms with Gasteiger partial charge in [-0.05, 0) is 30.7 Å². The van der Waals surface area contributed by atoms with E-state index in [2.05, 4.69) is 38.8 Å². The van der Waals surface area contributed by atoms with Gasteiger partial charge in [0, 0.05) is 11.0 Å². The van der Waals surface area contributed by atoms with Crippen LogP contribution in [0, 0.1) is 0 Å². The summed E-state index contributed by atoms with van der Waals surface area (Å²) in [5.74, 6) is 0. The maximum absolute atomic E-state index is 4.13. The van der Waals surface area contributed by atoms with E-state index in [-0.39, 0.29) is 0 Å². The van der Waals surface area contributed by atoms with E-state index >= 15 is 0 Å². The molecule has 0 saturated heterocycles. The average Bonchev–Trinajstić information content (AvgIpc) is 2.30. The van der Waals surface area contributed by atoms with Gasteiger partial charge in [-0.1, -0.05) is 42.1 Å². The van der Waals surface area contributed by atoms with E-state index in [4.69, 9.17) is 0 Å². The minimum Gasteiger partial charge on any atom is -0.225 e. The van der Waals surface area contributed by atoms with Gasteiger partial charge < -0.3 is 0 Å². The molecule has 1 aromatic carbocycles. The molecule has 16 heavy (non-hydrogen) atoms. The lowest BCUT2D eigenvalue weighted by atomic mass is 10.2. The summed E-state index contributed by atoms with van der Waals surface area (Å²) in [7, 11) is 0. The third-order valence-electron chi connectivity index (χ3n) is 2.20. The van der Waals surface area contributed by atoms with Crippen molar-refractivity contribution < 1.29 is 0 Å². The maximum atomic E-state index is 4.13. The molecule has 86 valence electrons. The van der Waals surface area contributed by atoms with Crippen molar-refractivity contribution >= 4 is 27.6 Å². The van der Waals surface area contributed by atoms with Crippen LogP contribution in [-0.4, -0.2) is 12.6 Å². The maximum Gasteiger partial charge on any atom is 0.0948 e. The standard InChI is InChI=1S/C13H17BrN2/c1-2-3-4-5-10-15-11-16-13-8-6-12(14)7-9-13/h6-9H,2-5,10H2,1H3. The van der Waals surface area contributed by atoms with Crippen LogP contribution >= 0.6 is 15.9 Å². The van der Waals surface area contributed by atoms with Crippen LogP contribution < -0.4 is 0 Å². The fraction of sp³-hybridized carbons (Fsp3) is 0.462. The Balaban J connectivity index is 2.30. The molecule has 0 aromatic heterocycles. The first kappa shape index (κ1) is 13.1. The predicted octanol–water partition coefficient (Wildman–Crippen LogP) is 4.83. The van der Waals surface area contributed by atoms with Gasteiger partial charge in [0.2, 0.25) is 0 Å². The number of rotatable bonds is 6. The van der Waals surface area contributed by atoms with Crippen LogP contribution in [0.3, 0.4) is 0 Å². The van der Waals surface area contributed by atoms with Gasteiger partial charge >= 0.3 is 0 Å². The highest BCUT2D eigenvalue weighted by Gasteiger charge is 1.87. The van der Waals surface area contributed by atoms with Gasteiger partial charge in [0.05, 0.1) is 11.7 Å². The van der Waals surface area contributed by atoms with E-state index < -0.39 is 0 Å². The molecule has 2 nitrogen and oxygen atoms in total. The molecule has 0 bridgehead atoms. The minimum absolute atomic E-state index is 0.833. The third kappa shape index (κ3) is 5.84. The second-order valence-electron chi connectivity index (χ2n) is 3.63. The monoisotopic (exact) mass is 280 g/mol. The second-order valence-corrected chi connectivity index (χ2v) is 4.55. The zero-order valence-corrected chi connectivity index (χ0v) is 11.2. The number of nitrogens with zero attached hydrogens (tertiary/aromatic N) is 2. The Morgan fingerprint density at radius 3 is 2.56 bits per heavy atom. The Labute approximate surface area is 106 Å². The zero-order valence-electron chi connectivity index (χ0n) is 9.62. The van der Waals surface area contributed by atoms with E-state index in [1.807, 2.05) is 24.3 Å². The van der Waals surface area contributed by atoms with Crippen LogP contribution in [0.4, 0.5) is 5.69 Å². The van der Waals surface area contributed by atoms with Crippen LogP contribution in [0.1, 0.15) is 32.6 Å². The van der Waals surface area contributed by atoms with Gasteiger partial charge in [-0.3, -0.25) is 0 Å². The highest BCUT2D eigenvalue weighted by molar-refractivity contribution is 9.10. The molecule has 0 saturated carbocycles. The molecule has 0 heterocycles. The first-order valence-corrected chi connectivity index (χ1v) is 6.50. The number of unbranched alkanes of at least 4 members (excludes halogenated alkanes) is 3. The summed E-state index contributed by atoms with van der Waals surface area (Å²) in [5, 5.41) is 0. The Bertz CT molecular complexity index is 351. The van der Waals surface area contributed by atoms with Crippen LogP contribution in [-0.2, 0) is 0 Å². The lowest BCUT2D eigenvalue weighted by molar-refractivity contribution is 0.676. The zero-order chi connectivity index (χ0) is 11.6. The number of hydrogen-bond donors (Lipinski definition) is 0. The fourth-order valence-electron chi connectivity index (χ4n) is 1.28. The van der Waals surface area contributed by atoms with Gasteiger partial charge in [0.25, 0.3) is 0 Å². The van der Waals surface area contributed by atoms with E-state index in [1.165, 1.54) is 19.3 Å². The average molecular weight is 281 g/mol. The summed E-state index contributed by atoms with van der Waals surface area (Å²) < 4.78 is 1.06. The molecule has 0 atom stereocenters. The molecule has 1 rings (SSSR count). The summed E-state index contributed by atoms with van der Waals surface area (Å²) in [6.07, 6.45) is 4.94. The van der Waals surface area contributed by atoms with Crippen LogP contribution in [0.2, 0.25) is 0 Å². The van der Waals surface area contributed by atoms with Crippen molar-refractivity contribution in [2.24, 2.45) is 9.98 Å². The molecule has 0 aliphatic rings. The smallest absolute Gasteiger partial charge is 0.0948 e. The molecule has 0 unspecified atom stereocenters. The molecular formula is C13H17BrN2. The molecule has 0 spiro atoms. The van der Waals surface area contributed by atoms with Gasteiger partial charge in [-0.15, -0.1) is 0 Å². The molecule has 0 aliphatic carbocycles. The highest BCUT2D eigenvalue weighted by atomic mass is 79.9. The first-order valence-electron chi connectivity index (χ1n) is 5.70. The topological polar surface area (TPSA) is 24.7 Å². The number of hydrogen-bond acceptors (Lipinski definition) is 2. The normalized spacial score (nSPS) is 9.62. The van der Waals surface area contributed by atoms with Crippen LogP contribution in [0.25, 0.3) is 0 Å². The molecule has 1 aromatic rings. The van der Waals surface area contributed by atoms with Crippen molar-refractivity contribution in [2.45, 2.75) is 32.6 Å². The molecule has 0 aliphatic heterocycles. The van der Waals surface area contributed by atoms with Gasteiger partial charge in [-0.2, -0.15) is 4.99 Å². The quantitative estimate of drug-likeness (QED) is 0.527. The number of aliphatic imine (C=N–C) groups is 2. The van der Waals surface area contributed by atoms with Crippen molar-refractivity contribution in [3.63, 3.8) is 0 Å². The van der Waals surface area contributed by atoms with Crippen molar-refractivity contribution in [1.82, 2.24) is 0 Å². The Kier molecular flexibility index (Phi) is 6.78. The second kappa shape index (κ2) is 8.26. The molecule has 0 fully saturated rings. The SMILES string of the molecule is CCCCCCN=C=Nc1ccc(Br)cc1. The summed E-state index contributed by atoms with van der Waals surface area (Å²) >= 11 is 3.38. The first-order chi connectivity index (χ1) is 7.83. The van der Waals surface area contributed by atoms with Crippen molar-refractivity contribution in [2.75, 3.05) is 6.54 Å². The van der Waals surface area contributed by atoms with Crippen molar-refractivity contribution in [3.05, 3.63) is 28.7 Å². The van der Waals surface area contributed by atoms with Gasteiger partial charge in [0.1, 0.15) is 0 Å². The summed E-state index contributed by atoms with van der Waals surface area (Å²) in [6.45, 7) is 3.04. The van der Waals surface area contributed by atoms with E-state index in [1.54, 1.807) is 0 Å². The lowest BCUT2D eigenvalue weighted by Gasteiger charge is -1.92.